The van der Waals surface area contributed by atoms with Crippen molar-refractivity contribution in [3.8, 4) is 0 Å². The molecule has 0 aromatic rings. The minimum atomic E-state index is 0. The molecule has 0 saturated carbocycles. The zero-order valence-corrected chi connectivity index (χ0v) is 7.55. The van der Waals surface area contributed by atoms with Crippen molar-refractivity contribution in [2.75, 3.05) is 0 Å². The maximum Gasteiger partial charge on any atom is 0 e. The van der Waals surface area contributed by atoms with Crippen molar-refractivity contribution < 1.29 is 21.7 Å². The van der Waals surface area contributed by atoms with Gasteiger partial charge < -0.3 is 0 Å². The molecule has 0 amide bonds. The summed E-state index contributed by atoms with van der Waals surface area (Å²) in [6.45, 7) is 4.35. The van der Waals surface area contributed by atoms with Crippen LogP contribution in [-0.2, 0) is 21.7 Å². The zero-order valence-electron chi connectivity index (χ0n) is 5.99. The average Bonchev–Trinajstić information content (AvgIpc) is 2.14. The van der Waals surface area contributed by atoms with E-state index in [2.05, 4.69) is 26.0 Å². The monoisotopic (exact) mass is 155 g/mol. The van der Waals surface area contributed by atoms with Crippen LogP contribution in [0.2, 0.25) is 0 Å². The molecular formula is C8H11Ti-. The van der Waals surface area contributed by atoms with Crippen LogP contribution in [0.4, 0.5) is 0 Å². The minimum absolute atomic E-state index is 0. The molecule has 0 bridgehead atoms. The Balaban J connectivity index is 0.000000640. The van der Waals surface area contributed by atoms with Gasteiger partial charge in [0.25, 0.3) is 0 Å². The molecule has 9 heavy (non-hydrogen) atoms. The molecule has 0 atom stereocenters. The van der Waals surface area contributed by atoms with Gasteiger partial charge in [-0.05, 0) is 0 Å². The maximum absolute atomic E-state index is 3.21. The predicted molar refractivity (Wildman–Crippen MR) is 35.4 cm³/mol. The Morgan fingerprint density at radius 3 is 2.56 bits per heavy atom. The van der Waals surface area contributed by atoms with E-state index in [1.54, 1.807) is 0 Å². The Bertz CT molecular complexity index is 143. The van der Waals surface area contributed by atoms with Crippen molar-refractivity contribution in [1.82, 2.24) is 0 Å². The molecular weight excluding hydrogens is 144 g/mol. The van der Waals surface area contributed by atoms with E-state index >= 15 is 0 Å². The van der Waals surface area contributed by atoms with Gasteiger partial charge in [-0.25, -0.2) is 11.1 Å². The molecule has 0 saturated heterocycles. The number of allylic oxidation sites excluding steroid dienone is 4. The Morgan fingerprint density at radius 2 is 2.33 bits per heavy atom. The molecule has 0 nitrogen and oxygen atoms in total. The summed E-state index contributed by atoms with van der Waals surface area (Å²) < 4.78 is 0. The van der Waals surface area contributed by atoms with Gasteiger partial charge in [-0.3, -0.25) is 6.08 Å². The molecule has 0 aliphatic heterocycles. The zero-order chi connectivity index (χ0) is 5.98. The SMILES string of the molecule is CCC1=C(C)CC=[C-]1.[Ti]. The van der Waals surface area contributed by atoms with Crippen LogP contribution in [0.25, 0.3) is 0 Å². The summed E-state index contributed by atoms with van der Waals surface area (Å²) >= 11 is 0. The molecule has 1 aliphatic rings. The summed E-state index contributed by atoms with van der Waals surface area (Å²) in [4.78, 5) is 0. The number of hydrogen-bond acceptors (Lipinski definition) is 0. The van der Waals surface area contributed by atoms with Gasteiger partial charge in [0.1, 0.15) is 0 Å². The first-order valence-electron chi connectivity index (χ1n) is 3.11. The summed E-state index contributed by atoms with van der Waals surface area (Å²) in [6, 6.07) is 0. The molecule has 0 unspecified atom stereocenters. The molecule has 0 heterocycles. The number of rotatable bonds is 1. The molecule has 0 N–H and O–H groups in total. The smallest absolute Gasteiger partial charge is 0 e. The molecule has 1 rings (SSSR count). The predicted octanol–water partition coefficient (Wildman–Crippen LogP) is 2.47. The van der Waals surface area contributed by atoms with Crippen LogP contribution in [0.1, 0.15) is 26.7 Å². The van der Waals surface area contributed by atoms with Crippen LogP contribution < -0.4 is 0 Å². The Kier molecular flexibility index (Phi) is 4.17. The normalized spacial score (nSPS) is 16.2. The van der Waals surface area contributed by atoms with E-state index < -0.39 is 0 Å². The van der Waals surface area contributed by atoms with Crippen LogP contribution in [0, 0.1) is 6.08 Å². The molecule has 1 aliphatic carbocycles. The van der Waals surface area contributed by atoms with Crippen LogP contribution in [-0.4, -0.2) is 0 Å². The van der Waals surface area contributed by atoms with E-state index in [0.717, 1.165) is 12.8 Å². The van der Waals surface area contributed by atoms with E-state index in [-0.39, 0.29) is 21.7 Å². The first-order valence-corrected chi connectivity index (χ1v) is 3.11. The largest absolute Gasteiger partial charge is 0.253 e. The van der Waals surface area contributed by atoms with Gasteiger partial charge in [-0.1, -0.05) is 19.8 Å². The fourth-order valence-electron chi connectivity index (χ4n) is 0.978. The Morgan fingerprint density at radius 1 is 1.67 bits per heavy atom. The van der Waals surface area contributed by atoms with E-state index in [0.29, 0.717) is 0 Å². The summed E-state index contributed by atoms with van der Waals surface area (Å²) in [5.74, 6) is 0. The second-order valence-electron chi connectivity index (χ2n) is 2.17. The minimum Gasteiger partial charge on any atom is -0.253 e. The first kappa shape index (κ1) is 9.19. The van der Waals surface area contributed by atoms with Crippen molar-refractivity contribution in [3.63, 3.8) is 0 Å². The molecule has 0 spiro atoms. The molecule has 0 radical (unpaired) electrons. The summed E-state index contributed by atoms with van der Waals surface area (Å²) in [6.07, 6.45) is 7.59. The van der Waals surface area contributed by atoms with Crippen LogP contribution in [0.15, 0.2) is 17.2 Å². The van der Waals surface area contributed by atoms with Gasteiger partial charge >= 0.3 is 0 Å². The van der Waals surface area contributed by atoms with Gasteiger partial charge in [0, 0.05) is 21.7 Å². The Labute approximate surface area is 71.9 Å². The van der Waals surface area contributed by atoms with E-state index in [1.165, 1.54) is 11.1 Å². The second kappa shape index (κ2) is 4.08. The van der Waals surface area contributed by atoms with Gasteiger partial charge in [0.2, 0.25) is 0 Å². The van der Waals surface area contributed by atoms with Gasteiger partial charge in [0.05, 0.1) is 0 Å². The van der Waals surface area contributed by atoms with E-state index in [4.69, 9.17) is 0 Å². The number of hydrogen-bond donors (Lipinski definition) is 0. The Hall–Kier alpha value is 0.194. The van der Waals surface area contributed by atoms with Crippen molar-refractivity contribution in [2.45, 2.75) is 26.7 Å². The summed E-state index contributed by atoms with van der Waals surface area (Å²) in [5.41, 5.74) is 2.90. The molecule has 0 aromatic carbocycles. The standard InChI is InChI=1S/C8H11.Ti/c1-3-8-6-4-5-7(8)2;/h4H,3,5H2,1-2H3;/q-1;. The maximum atomic E-state index is 3.21. The molecule has 0 aromatic heterocycles. The molecule has 48 valence electrons. The van der Waals surface area contributed by atoms with Gasteiger partial charge in [-0.2, -0.15) is 6.08 Å². The van der Waals surface area contributed by atoms with Gasteiger partial charge in [0.15, 0.2) is 0 Å². The molecule has 0 fully saturated rings. The molecule has 1 heteroatoms. The first-order chi connectivity index (χ1) is 3.84. The fraction of sp³-hybridized carbons (Fsp3) is 0.500. The quantitative estimate of drug-likeness (QED) is 0.403. The van der Waals surface area contributed by atoms with Crippen LogP contribution in [0.3, 0.4) is 0 Å². The summed E-state index contributed by atoms with van der Waals surface area (Å²) in [7, 11) is 0. The third kappa shape index (κ3) is 2.11. The van der Waals surface area contributed by atoms with Crippen molar-refractivity contribution in [2.24, 2.45) is 0 Å². The summed E-state index contributed by atoms with van der Waals surface area (Å²) in [5, 5.41) is 0. The van der Waals surface area contributed by atoms with Gasteiger partial charge in [-0.15, -0.1) is 6.92 Å². The van der Waals surface area contributed by atoms with Crippen molar-refractivity contribution in [3.05, 3.63) is 23.3 Å². The topological polar surface area (TPSA) is 0 Å². The van der Waals surface area contributed by atoms with Crippen molar-refractivity contribution >= 4 is 0 Å². The van der Waals surface area contributed by atoms with E-state index in [1.807, 2.05) is 0 Å². The third-order valence-corrected chi connectivity index (χ3v) is 1.55. The average molecular weight is 155 g/mol. The fourth-order valence-corrected chi connectivity index (χ4v) is 0.978. The van der Waals surface area contributed by atoms with Crippen LogP contribution >= 0.6 is 0 Å². The van der Waals surface area contributed by atoms with Crippen LogP contribution in [0.5, 0.6) is 0 Å². The second-order valence-corrected chi connectivity index (χ2v) is 2.17. The van der Waals surface area contributed by atoms with E-state index in [9.17, 15) is 0 Å². The van der Waals surface area contributed by atoms with Crippen molar-refractivity contribution in [1.29, 1.82) is 0 Å². The third-order valence-electron chi connectivity index (χ3n) is 1.55.